The SMILES string of the molecule is CSCC[C@H](NC(=O)[C@@H](N)CNC(=O)[C@H](CO)NC(=O)[C@@H](CO)NC(=O)[C@H](CO)NC(=O)CCNC(=O)CCN1C(=O)C=CC1=O)C(=O)NC(CS)C(=O)N[C@@H](CO)C(=O)N[C@H](CO)C(=O)N[C@@H](CO)C(=O)N[C@H](CCCCNC(=O)CCN1C(=O)C=CC1=O)C(N)=O. The monoisotopic (exact) mass is 1360 g/mol. The standard InChI is InChI=1S/C52H80N16O23S2/c1-93-17-12-28(60-44(83)26(53)18-57-45(84)29(19-69)61-49(88)32(22-72)62-47(86)30(20-70)58-38(77)9-14-56-37(76)11-16-68-41(80)7-8-42(68)81)46(85)66-35(25-92)52(91)65-34(24-74)51(90)64-33(23-73)50(89)63-31(21-71)48(87)59-27(43(54)82)4-2-3-13-55-36(75)10-15-67-39(78)5-6-40(67)79/h5-8,26-35,69-74,92H,2-4,9-25,53H2,1H3,(H2,54,82)(H,55,75)(H,56,76)(H,57,84)(H,58,77)(H,59,87)(H,60,83)(H,61,88)(H,62,86)(H,63,89)(H,64,90)(H,65,91)(H,66,85)/t26-,27+,28-,29-,30-,31-,32+,33+,34-,35?/m0/s1. The van der Waals surface area contributed by atoms with E-state index in [0.29, 0.717) is 0 Å². The molecule has 2 aliphatic heterocycles. The van der Waals surface area contributed by atoms with Gasteiger partial charge in [0.05, 0.1) is 39.6 Å². The molecule has 10 atom stereocenters. The van der Waals surface area contributed by atoms with Gasteiger partial charge in [-0.3, -0.25) is 91.3 Å². The molecule has 2 aliphatic rings. The van der Waals surface area contributed by atoms with E-state index in [1.807, 2.05) is 0 Å². The second-order valence-corrected chi connectivity index (χ2v) is 21.5. The van der Waals surface area contributed by atoms with Crippen LogP contribution in [0.1, 0.15) is 44.9 Å². The van der Waals surface area contributed by atoms with Crippen LogP contribution >= 0.6 is 24.4 Å². The minimum absolute atomic E-state index is 0.0668. The minimum Gasteiger partial charge on any atom is -0.394 e. The molecule has 0 aliphatic carbocycles. The van der Waals surface area contributed by atoms with Crippen LogP contribution in [-0.2, 0) is 81.5 Å². The predicted octanol–water partition coefficient (Wildman–Crippen LogP) is -13.7. The summed E-state index contributed by atoms with van der Waals surface area (Å²) in [5.41, 5.74) is 11.4. The smallest absolute Gasteiger partial charge is 0.253 e. The summed E-state index contributed by atoms with van der Waals surface area (Å²) in [6, 6.07) is -16.9. The van der Waals surface area contributed by atoms with Gasteiger partial charge in [-0.25, -0.2) is 0 Å². The van der Waals surface area contributed by atoms with Crippen molar-refractivity contribution in [1.82, 2.24) is 73.6 Å². The van der Waals surface area contributed by atoms with E-state index >= 15 is 0 Å². The second kappa shape index (κ2) is 42.4. The maximum Gasteiger partial charge on any atom is 0.253 e. The van der Waals surface area contributed by atoms with Crippen LogP contribution in [0.15, 0.2) is 24.3 Å². The van der Waals surface area contributed by atoms with E-state index in [4.69, 9.17) is 11.5 Å². The molecule has 93 heavy (non-hydrogen) atoms. The number of thiol groups is 1. The average Bonchev–Trinajstić information content (AvgIpc) is 2.69. The zero-order chi connectivity index (χ0) is 69.9. The van der Waals surface area contributed by atoms with Gasteiger partial charge in [-0.1, -0.05) is 0 Å². The Morgan fingerprint density at radius 3 is 1.16 bits per heavy atom. The van der Waals surface area contributed by atoms with Crippen molar-refractivity contribution in [2.45, 2.75) is 105 Å². The van der Waals surface area contributed by atoms with E-state index in [9.17, 15) is 112 Å². The molecule has 41 heteroatoms. The van der Waals surface area contributed by atoms with E-state index in [-0.39, 0.29) is 70.5 Å². The summed E-state index contributed by atoms with van der Waals surface area (Å²) < 4.78 is 0. The van der Waals surface area contributed by atoms with E-state index in [1.165, 1.54) is 11.8 Å². The number of unbranched alkanes of at least 4 members (excludes halogenated alkanes) is 1. The lowest BCUT2D eigenvalue weighted by molar-refractivity contribution is -0.139. The largest absolute Gasteiger partial charge is 0.394 e. The number of aliphatic hydroxyl groups excluding tert-OH is 6. The summed E-state index contributed by atoms with van der Waals surface area (Å²) >= 11 is 5.32. The number of thioether (sulfide) groups is 1. The number of carbonyl (C=O) groups excluding carboxylic acids is 17. The number of aliphatic hydroxyl groups is 6. The lowest BCUT2D eigenvalue weighted by Gasteiger charge is -2.26. The van der Waals surface area contributed by atoms with Gasteiger partial charge in [-0.2, -0.15) is 24.4 Å². The Hall–Kier alpha value is -8.71. The molecule has 0 bridgehead atoms. The number of nitrogens with two attached hydrogens (primary N) is 2. The highest BCUT2D eigenvalue weighted by atomic mass is 32.2. The first-order valence-corrected chi connectivity index (χ1v) is 30.6. The number of carbonyl (C=O) groups is 17. The molecule has 0 saturated heterocycles. The maximum atomic E-state index is 13.6. The lowest BCUT2D eigenvalue weighted by atomic mass is 10.1. The molecule has 0 aromatic carbocycles. The van der Waals surface area contributed by atoms with Crippen molar-refractivity contribution in [3.05, 3.63) is 24.3 Å². The molecule has 0 saturated carbocycles. The number of hydrogen-bond donors (Lipinski definition) is 21. The Morgan fingerprint density at radius 1 is 0.430 bits per heavy atom. The maximum absolute atomic E-state index is 13.6. The summed E-state index contributed by atoms with van der Waals surface area (Å²) in [6.07, 6.45) is 5.38. The van der Waals surface area contributed by atoms with Gasteiger partial charge < -0.3 is 106 Å². The van der Waals surface area contributed by atoms with Crippen molar-refractivity contribution < 1.29 is 112 Å². The lowest BCUT2D eigenvalue weighted by Crippen LogP contribution is -2.62. The molecular weight excluding hydrogens is 1280 g/mol. The molecule has 0 spiro atoms. The summed E-state index contributed by atoms with van der Waals surface area (Å²) in [5, 5.41) is 86.2. The van der Waals surface area contributed by atoms with Crippen molar-refractivity contribution in [1.29, 1.82) is 0 Å². The Morgan fingerprint density at radius 2 is 0.774 bits per heavy atom. The third-order valence-electron chi connectivity index (χ3n) is 13.3. The van der Waals surface area contributed by atoms with E-state index in [0.717, 1.165) is 34.1 Å². The van der Waals surface area contributed by atoms with Crippen LogP contribution in [0.3, 0.4) is 0 Å². The van der Waals surface area contributed by atoms with Crippen LogP contribution < -0.4 is 75.3 Å². The third kappa shape index (κ3) is 28.0. The number of amides is 17. The van der Waals surface area contributed by atoms with Gasteiger partial charge in [-0.15, -0.1) is 0 Å². The minimum atomic E-state index is -1.90. The van der Waals surface area contributed by atoms with Crippen molar-refractivity contribution in [3.63, 3.8) is 0 Å². The van der Waals surface area contributed by atoms with E-state index in [2.05, 4.69) is 76.4 Å². The molecule has 2 heterocycles. The third-order valence-corrected chi connectivity index (χ3v) is 14.3. The molecule has 1 unspecified atom stereocenters. The number of nitrogens with one attached hydrogen (secondary N) is 12. The first-order valence-electron chi connectivity index (χ1n) is 28.5. The molecule has 0 fully saturated rings. The van der Waals surface area contributed by atoms with Crippen molar-refractivity contribution in [2.75, 3.05) is 90.1 Å². The molecular formula is C52H80N16O23S2. The summed E-state index contributed by atoms with van der Waals surface area (Å²) in [4.78, 5) is 216. The quantitative estimate of drug-likeness (QED) is 0.0153. The zero-order valence-corrected chi connectivity index (χ0v) is 52.0. The first kappa shape index (κ1) is 80.4. The number of nitrogens with zero attached hydrogens (tertiary/aromatic N) is 2. The van der Waals surface area contributed by atoms with E-state index < -0.39 is 219 Å². The van der Waals surface area contributed by atoms with Crippen LogP contribution in [-0.4, -0.2) is 291 Å². The molecule has 518 valence electrons. The van der Waals surface area contributed by atoms with Crippen molar-refractivity contribution >= 4 is 125 Å². The Bertz CT molecular complexity index is 2740. The van der Waals surface area contributed by atoms with Gasteiger partial charge >= 0.3 is 0 Å². The topological polar surface area (TPSA) is 614 Å². The Balaban J connectivity index is 1.91. The van der Waals surface area contributed by atoms with Crippen molar-refractivity contribution in [2.24, 2.45) is 11.5 Å². The van der Waals surface area contributed by atoms with E-state index in [1.54, 1.807) is 6.26 Å². The van der Waals surface area contributed by atoms with Gasteiger partial charge in [0.2, 0.25) is 76.8 Å². The number of rotatable bonds is 45. The number of hydrogen-bond acceptors (Lipinski definition) is 26. The molecule has 0 radical (unpaired) electrons. The zero-order valence-electron chi connectivity index (χ0n) is 50.3. The van der Waals surface area contributed by atoms with Crippen LogP contribution in [0.2, 0.25) is 0 Å². The molecule has 39 nitrogen and oxygen atoms in total. The second-order valence-electron chi connectivity index (χ2n) is 20.2. The summed E-state index contributed by atoms with van der Waals surface area (Å²) in [5.74, 6) is -15.9. The average molecular weight is 1360 g/mol. The highest BCUT2D eigenvalue weighted by Crippen LogP contribution is 2.08. The number of primary amides is 1. The molecule has 0 aromatic heterocycles. The molecule has 17 amide bonds. The highest BCUT2D eigenvalue weighted by Gasteiger charge is 2.35. The van der Waals surface area contributed by atoms with Crippen LogP contribution in [0, 0.1) is 0 Å². The molecule has 0 aromatic rings. The Kier molecular flexibility index (Phi) is 36.7. The predicted molar refractivity (Wildman–Crippen MR) is 322 cm³/mol. The van der Waals surface area contributed by atoms with Crippen LogP contribution in [0.25, 0.3) is 0 Å². The molecule has 2 rings (SSSR count). The van der Waals surface area contributed by atoms with Crippen LogP contribution in [0.4, 0.5) is 0 Å². The molecule has 22 N–H and O–H groups in total. The van der Waals surface area contributed by atoms with Gasteiger partial charge in [-0.05, 0) is 37.7 Å². The van der Waals surface area contributed by atoms with Gasteiger partial charge in [0, 0.05) is 82.0 Å². The Labute approximate surface area is 540 Å². The fourth-order valence-electron chi connectivity index (χ4n) is 7.95. The van der Waals surface area contributed by atoms with Crippen molar-refractivity contribution in [3.8, 4) is 0 Å². The summed E-state index contributed by atoms with van der Waals surface area (Å²) in [7, 11) is 0. The van der Waals surface area contributed by atoms with Gasteiger partial charge in [0.15, 0.2) is 0 Å². The fraction of sp³-hybridized carbons (Fsp3) is 0.596. The highest BCUT2D eigenvalue weighted by molar-refractivity contribution is 7.98. The van der Waals surface area contributed by atoms with Gasteiger partial charge in [0.1, 0.15) is 60.4 Å². The fourth-order valence-corrected chi connectivity index (χ4v) is 8.68. The first-order chi connectivity index (χ1) is 44.1. The van der Waals surface area contributed by atoms with Gasteiger partial charge in [0.25, 0.3) is 23.6 Å². The number of imide groups is 2. The van der Waals surface area contributed by atoms with Crippen LogP contribution in [0.5, 0.6) is 0 Å². The summed E-state index contributed by atoms with van der Waals surface area (Å²) in [6.45, 7) is -7.77. The normalized spacial score (nSPS) is 15.8.